The van der Waals surface area contributed by atoms with E-state index in [0.29, 0.717) is 12.8 Å². The van der Waals surface area contributed by atoms with E-state index in [1.165, 1.54) is 64.2 Å². The fourth-order valence-electron chi connectivity index (χ4n) is 5.42. The van der Waals surface area contributed by atoms with Crippen LogP contribution in [-0.2, 0) is 32.7 Å². The minimum absolute atomic E-state index is 0.166. The van der Waals surface area contributed by atoms with Crippen molar-refractivity contribution < 1.29 is 47.8 Å². The molecule has 52 heavy (non-hydrogen) atoms. The highest BCUT2D eigenvalue weighted by atomic mass is 31.2. The third kappa shape index (κ3) is 36.5. The van der Waals surface area contributed by atoms with Crippen LogP contribution in [0.25, 0.3) is 0 Å². The Balaban J connectivity index is 4.35. The van der Waals surface area contributed by atoms with Crippen molar-refractivity contribution in [2.45, 2.75) is 187 Å². The van der Waals surface area contributed by atoms with Gasteiger partial charge in [-0.25, -0.2) is 4.57 Å². The molecule has 0 aliphatic rings. The number of rotatable bonds is 38. The fraction of sp³-hybridized carbons (Fsp3) is 0.805. The summed E-state index contributed by atoms with van der Waals surface area (Å²) in [5.41, 5.74) is 0. The maximum Gasteiger partial charge on any atom is 0.472 e. The van der Waals surface area contributed by atoms with Crippen LogP contribution in [0.4, 0.5) is 0 Å². The Kier molecular flexibility index (Phi) is 36.2. The van der Waals surface area contributed by atoms with Gasteiger partial charge in [0.25, 0.3) is 0 Å². The summed E-state index contributed by atoms with van der Waals surface area (Å²) in [6.07, 6.45) is 36.8. The van der Waals surface area contributed by atoms with Crippen molar-refractivity contribution in [3.05, 3.63) is 36.5 Å². The molecule has 0 amide bonds. The maximum absolute atomic E-state index is 12.6. The lowest BCUT2D eigenvalue weighted by molar-refractivity contribution is -0.161. The summed E-state index contributed by atoms with van der Waals surface area (Å²) >= 11 is 0. The second-order valence-electron chi connectivity index (χ2n) is 13.6. The van der Waals surface area contributed by atoms with Crippen molar-refractivity contribution in [1.82, 2.24) is 0 Å². The molecule has 0 aromatic rings. The van der Waals surface area contributed by atoms with Crippen LogP contribution in [0.5, 0.6) is 0 Å². The van der Waals surface area contributed by atoms with Crippen molar-refractivity contribution in [3.63, 3.8) is 0 Å². The second kappa shape index (κ2) is 37.5. The first-order valence-corrected chi connectivity index (χ1v) is 21.9. The number of phosphoric ester groups is 1. The van der Waals surface area contributed by atoms with E-state index in [2.05, 4.69) is 54.8 Å². The van der Waals surface area contributed by atoms with Crippen LogP contribution in [0, 0.1) is 0 Å². The number of hydrogen-bond acceptors (Lipinski definition) is 9. The van der Waals surface area contributed by atoms with Crippen LogP contribution in [0.2, 0.25) is 0 Å². The van der Waals surface area contributed by atoms with Gasteiger partial charge in [0.15, 0.2) is 6.10 Å². The number of aliphatic hydroxyl groups is 2. The van der Waals surface area contributed by atoms with Gasteiger partial charge < -0.3 is 24.6 Å². The number of unbranched alkanes of at least 4 members (excludes halogenated alkanes) is 18. The molecule has 3 atom stereocenters. The smallest absolute Gasteiger partial charge is 0.462 e. The zero-order valence-corrected chi connectivity index (χ0v) is 33.7. The molecule has 304 valence electrons. The maximum atomic E-state index is 12.6. The monoisotopic (exact) mass is 759 g/mol. The molecular formula is C41H75O10P. The Hall–Kier alpha value is -1.81. The van der Waals surface area contributed by atoms with E-state index in [-0.39, 0.29) is 19.4 Å². The number of aliphatic hydroxyl groups excluding tert-OH is 2. The molecule has 0 aromatic carbocycles. The van der Waals surface area contributed by atoms with Gasteiger partial charge in [0.2, 0.25) is 0 Å². The van der Waals surface area contributed by atoms with E-state index in [0.717, 1.165) is 70.6 Å². The predicted octanol–water partition coefficient (Wildman–Crippen LogP) is 10.4. The van der Waals surface area contributed by atoms with Crippen molar-refractivity contribution in [1.29, 1.82) is 0 Å². The van der Waals surface area contributed by atoms with Crippen molar-refractivity contribution in [3.8, 4) is 0 Å². The lowest BCUT2D eigenvalue weighted by Crippen LogP contribution is -2.29. The molecule has 0 bridgehead atoms. The van der Waals surface area contributed by atoms with E-state index < -0.39 is 51.8 Å². The van der Waals surface area contributed by atoms with E-state index in [1.54, 1.807) is 0 Å². The highest BCUT2D eigenvalue weighted by molar-refractivity contribution is 7.47. The van der Waals surface area contributed by atoms with Crippen LogP contribution < -0.4 is 0 Å². The quantitative estimate of drug-likeness (QED) is 0.0240. The Morgan fingerprint density at radius 2 is 1.06 bits per heavy atom. The SMILES string of the molecule is CC/C=C/C/C=C/C/C=C/CCCCCCCC(=O)O[C@H](COC(=O)CCCCCCCCCCCCCCCC)COP(=O)(O)OC[C@@H](O)CO. The van der Waals surface area contributed by atoms with E-state index in [1.807, 2.05) is 0 Å². The van der Waals surface area contributed by atoms with Crippen molar-refractivity contribution in [2.75, 3.05) is 26.4 Å². The second-order valence-corrected chi connectivity index (χ2v) is 15.1. The zero-order chi connectivity index (χ0) is 38.4. The molecule has 0 heterocycles. The molecule has 0 saturated heterocycles. The number of phosphoric acid groups is 1. The largest absolute Gasteiger partial charge is 0.472 e. The highest BCUT2D eigenvalue weighted by Gasteiger charge is 2.27. The first-order valence-electron chi connectivity index (χ1n) is 20.4. The summed E-state index contributed by atoms with van der Waals surface area (Å²) in [6, 6.07) is 0. The highest BCUT2D eigenvalue weighted by Crippen LogP contribution is 2.43. The summed E-state index contributed by atoms with van der Waals surface area (Å²) in [6.45, 7) is 2.25. The van der Waals surface area contributed by atoms with E-state index in [4.69, 9.17) is 19.1 Å². The molecule has 0 spiro atoms. The molecular weight excluding hydrogens is 683 g/mol. The Morgan fingerprint density at radius 3 is 1.60 bits per heavy atom. The summed E-state index contributed by atoms with van der Waals surface area (Å²) in [5, 5.41) is 18.3. The van der Waals surface area contributed by atoms with E-state index >= 15 is 0 Å². The Morgan fingerprint density at radius 1 is 0.596 bits per heavy atom. The van der Waals surface area contributed by atoms with Crippen molar-refractivity contribution >= 4 is 19.8 Å². The predicted molar refractivity (Wildman–Crippen MR) is 210 cm³/mol. The van der Waals surface area contributed by atoms with Gasteiger partial charge in [-0.3, -0.25) is 18.6 Å². The first-order chi connectivity index (χ1) is 25.2. The number of esters is 2. The molecule has 0 saturated carbocycles. The van der Waals surface area contributed by atoms with Gasteiger partial charge in [0, 0.05) is 12.8 Å². The van der Waals surface area contributed by atoms with Crippen LogP contribution in [0.15, 0.2) is 36.5 Å². The van der Waals surface area contributed by atoms with Crippen LogP contribution in [-0.4, -0.2) is 65.7 Å². The molecule has 3 N–H and O–H groups in total. The number of carbonyl (C=O) groups is 2. The Bertz CT molecular complexity index is 967. The molecule has 0 aromatic heterocycles. The molecule has 11 heteroatoms. The molecule has 0 aliphatic carbocycles. The lowest BCUT2D eigenvalue weighted by atomic mass is 10.0. The number of allylic oxidation sites excluding steroid dienone is 6. The van der Waals surface area contributed by atoms with E-state index in [9.17, 15) is 24.2 Å². The minimum atomic E-state index is -4.62. The van der Waals surface area contributed by atoms with Gasteiger partial charge in [-0.2, -0.15) is 0 Å². The van der Waals surface area contributed by atoms with Crippen LogP contribution in [0.1, 0.15) is 174 Å². The Labute approximate surface area is 316 Å². The summed E-state index contributed by atoms with van der Waals surface area (Å²) in [7, 11) is -4.62. The molecule has 0 radical (unpaired) electrons. The van der Waals surface area contributed by atoms with Gasteiger partial charge in [-0.15, -0.1) is 0 Å². The summed E-state index contributed by atoms with van der Waals surface area (Å²) in [4.78, 5) is 34.9. The topological polar surface area (TPSA) is 149 Å². The third-order valence-corrected chi connectivity index (χ3v) is 9.51. The van der Waals surface area contributed by atoms with Gasteiger partial charge in [0.1, 0.15) is 12.7 Å². The van der Waals surface area contributed by atoms with Crippen LogP contribution in [0.3, 0.4) is 0 Å². The van der Waals surface area contributed by atoms with Gasteiger partial charge >= 0.3 is 19.8 Å². The molecule has 0 rings (SSSR count). The fourth-order valence-corrected chi connectivity index (χ4v) is 6.21. The van der Waals surface area contributed by atoms with Gasteiger partial charge in [-0.05, 0) is 44.9 Å². The molecule has 0 fully saturated rings. The first kappa shape index (κ1) is 50.2. The average Bonchev–Trinajstić information content (AvgIpc) is 3.13. The zero-order valence-electron chi connectivity index (χ0n) is 32.8. The van der Waals surface area contributed by atoms with Crippen LogP contribution >= 0.6 is 7.82 Å². The minimum Gasteiger partial charge on any atom is -0.462 e. The number of hydrogen-bond donors (Lipinski definition) is 3. The van der Waals surface area contributed by atoms with Gasteiger partial charge in [0.05, 0.1) is 19.8 Å². The summed E-state index contributed by atoms with van der Waals surface area (Å²) in [5.74, 6) is -0.942. The summed E-state index contributed by atoms with van der Waals surface area (Å²) < 4.78 is 32.6. The molecule has 1 unspecified atom stereocenters. The molecule has 0 aliphatic heterocycles. The van der Waals surface area contributed by atoms with Gasteiger partial charge in [-0.1, -0.05) is 153 Å². The molecule has 10 nitrogen and oxygen atoms in total. The standard InChI is InChI=1S/C41H75O10P/c1-3-5-7-9-11-13-15-17-19-21-23-25-27-29-31-33-41(45)51-39(37-50-52(46,47)49-35-38(43)34-42)36-48-40(44)32-30-28-26-24-22-20-18-16-14-12-10-8-6-4-2/h5,7,11,13,17,19,38-39,42-43H,3-4,6,8-10,12,14-16,18,20-37H2,1-2H3,(H,46,47)/b7-5+,13-11+,19-17+/t38-,39+/m0/s1. The third-order valence-electron chi connectivity index (χ3n) is 8.56. The van der Waals surface area contributed by atoms with Crippen molar-refractivity contribution in [2.24, 2.45) is 0 Å². The average molecular weight is 759 g/mol. The lowest BCUT2D eigenvalue weighted by Gasteiger charge is -2.20. The number of ether oxygens (including phenoxy) is 2. The number of carbonyl (C=O) groups excluding carboxylic acids is 2. The normalized spacial score (nSPS) is 14.3.